The summed E-state index contributed by atoms with van der Waals surface area (Å²) in [6.45, 7) is 5.07. The van der Waals surface area contributed by atoms with Gasteiger partial charge < -0.3 is 24.6 Å². The maximum atomic E-state index is 14.5. The van der Waals surface area contributed by atoms with Crippen LogP contribution in [0.2, 0.25) is 0 Å². The Morgan fingerprint density at radius 3 is 2.14 bits per heavy atom. The molecule has 0 aromatic heterocycles. The minimum Gasteiger partial charge on any atom is -0.494 e. The number of esters is 1. The number of amides is 1. The van der Waals surface area contributed by atoms with Gasteiger partial charge in [0, 0.05) is 31.6 Å². The number of carbonyl (C=O) groups excluding carboxylic acids is 2. The van der Waals surface area contributed by atoms with Gasteiger partial charge in [-0.15, -0.1) is 0 Å². The van der Waals surface area contributed by atoms with Crippen LogP contribution in [0.25, 0.3) is 11.1 Å². The molecule has 0 fully saturated rings. The molecule has 11 heteroatoms. The molecule has 1 aliphatic heterocycles. The van der Waals surface area contributed by atoms with Crippen molar-refractivity contribution in [2.45, 2.75) is 70.0 Å². The molecule has 51 heavy (non-hydrogen) atoms. The summed E-state index contributed by atoms with van der Waals surface area (Å²) in [6.07, 6.45) is -5.61. The van der Waals surface area contributed by atoms with Gasteiger partial charge in [-0.2, -0.15) is 13.2 Å². The van der Waals surface area contributed by atoms with Crippen molar-refractivity contribution in [3.05, 3.63) is 125 Å². The molecule has 268 valence electrons. The summed E-state index contributed by atoms with van der Waals surface area (Å²) in [5.41, 5.74) is -0.558. The first-order chi connectivity index (χ1) is 24.3. The van der Waals surface area contributed by atoms with E-state index in [1.807, 2.05) is 54.6 Å². The lowest BCUT2D eigenvalue weighted by molar-refractivity contribution is -0.155. The second kappa shape index (κ2) is 15.8. The van der Waals surface area contributed by atoms with Crippen molar-refractivity contribution in [3.8, 4) is 16.9 Å². The number of benzene rings is 4. The van der Waals surface area contributed by atoms with Crippen molar-refractivity contribution in [2.24, 2.45) is 4.99 Å². The van der Waals surface area contributed by atoms with E-state index in [2.05, 4.69) is 5.32 Å². The summed E-state index contributed by atoms with van der Waals surface area (Å²) in [5, 5.41) is 11.8. The van der Waals surface area contributed by atoms with E-state index >= 15 is 0 Å². The zero-order valence-electron chi connectivity index (χ0n) is 28.7. The SMILES string of the molecule is CC(C)(C)OC(=O)CC[C@@]1(C(=O)NCc2ccccc2C(F)(F)F)N=C(c2ccc(OCCCO)cc2)O[C@@H]1c1ccc(-c2ccccc2)cc1. The van der Waals surface area contributed by atoms with Gasteiger partial charge in [-0.1, -0.05) is 72.8 Å². The van der Waals surface area contributed by atoms with Gasteiger partial charge in [-0.05, 0) is 79.8 Å². The molecule has 1 amide bonds. The van der Waals surface area contributed by atoms with Crippen LogP contribution in [0.1, 0.15) is 68.4 Å². The number of nitrogens with one attached hydrogen (secondary N) is 1. The van der Waals surface area contributed by atoms with Gasteiger partial charge in [0.1, 0.15) is 11.4 Å². The standard InChI is InChI=1S/C40H41F3N2O6/c1-38(2,3)51-34(47)22-23-39(37(48)44-26-31-12-7-8-13-33(31)40(41,42)43)35(29-16-14-28(15-17-29)27-10-5-4-6-11-27)50-36(45-39)30-18-20-32(21-19-30)49-25-9-24-46/h4-8,10-21,35,46H,9,22-26H2,1-3H3,(H,44,48)/t35-,39-/m1/s1. The predicted octanol–water partition coefficient (Wildman–Crippen LogP) is 7.83. The quantitative estimate of drug-likeness (QED) is 0.109. The zero-order chi connectivity index (χ0) is 36.6. The second-order valence-corrected chi connectivity index (χ2v) is 13.2. The lowest BCUT2D eigenvalue weighted by Crippen LogP contribution is -2.48. The first-order valence-corrected chi connectivity index (χ1v) is 16.7. The summed E-state index contributed by atoms with van der Waals surface area (Å²) in [5.74, 6) is -0.609. The Labute approximate surface area is 295 Å². The molecule has 0 aliphatic carbocycles. The maximum absolute atomic E-state index is 14.5. The van der Waals surface area contributed by atoms with E-state index in [0.717, 1.165) is 17.2 Å². The number of nitrogens with zero attached hydrogens (tertiary/aromatic N) is 1. The average molecular weight is 703 g/mol. The Hall–Kier alpha value is -5.16. The number of hydrogen-bond donors (Lipinski definition) is 2. The van der Waals surface area contributed by atoms with Crippen molar-refractivity contribution in [1.29, 1.82) is 0 Å². The Bertz CT molecular complexity index is 1820. The third-order valence-corrected chi connectivity index (χ3v) is 8.24. The molecule has 0 radical (unpaired) electrons. The molecule has 0 spiro atoms. The van der Waals surface area contributed by atoms with Crippen LogP contribution in [0, 0.1) is 0 Å². The molecule has 0 unspecified atom stereocenters. The summed E-state index contributed by atoms with van der Waals surface area (Å²) >= 11 is 0. The van der Waals surface area contributed by atoms with Crippen LogP contribution in [-0.4, -0.2) is 47.2 Å². The first kappa shape index (κ1) is 37.1. The molecule has 0 saturated heterocycles. The van der Waals surface area contributed by atoms with Gasteiger partial charge in [0.05, 0.1) is 12.2 Å². The normalized spacial score (nSPS) is 17.3. The van der Waals surface area contributed by atoms with Crippen LogP contribution in [0.4, 0.5) is 13.2 Å². The summed E-state index contributed by atoms with van der Waals surface area (Å²) in [7, 11) is 0. The van der Waals surface area contributed by atoms with Crippen molar-refractivity contribution < 1.29 is 42.1 Å². The highest BCUT2D eigenvalue weighted by Gasteiger charge is 2.53. The van der Waals surface area contributed by atoms with E-state index in [9.17, 15) is 22.8 Å². The number of aliphatic hydroxyl groups is 1. The minimum atomic E-state index is -4.63. The van der Waals surface area contributed by atoms with Crippen LogP contribution in [0.3, 0.4) is 0 Å². The number of halogens is 3. The number of aliphatic imine (C=N–C) groups is 1. The molecule has 8 nitrogen and oxygen atoms in total. The molecular weight excluding hydrogens is 661 g/mol. The second-order valence-electron chi connectivity index (χ2n) is 13.2. The smallest absolute Gasteiger partial charge is 0.416 e. The van der Waals surface area contributed by atoms with E-state index < -0.39 is 47.4 Å². The topological polar surface area (TPSA) is 106 Å². The molecule has 1 aliphatic rings. The minimum absolute atomic E-state index is 0.00826. The molecular formula is C40H41F3N2O6. The van der Waals surface area contributed by atoms with Crippen molar-refractivity contribution in [2.75, 3.05) is 13.2 Å². The van der Waals surface area contributed by atoms with Crippen LogP contribution in [0.5, 0.6) is 5.75 Å². The largest absolute Gasteiger partial charge is 0.494 e. The van der Waals surface area contributed by atoms with Crippen molar-refractivity contribution >= 4 is 17.8 Å². The lowest BCUT2D eigenvalue weighted by atomic mass is 9.83. The molecule has 2 N–H and O–H groups in total. The average Bonchev–Trinajstić information content (AvgIpc) is 3.50. The highest BCUT2D eigenvalue weighted by molar-refractivity contribution is 6.01. The van der Waals surface area contributed by atoms with Crippen LogP contribution in [-0.2, 0) is 31.8 Å². The Kier molecular flexibility index (Phi) is 11.5. The van der Waals surface area contributed by atoms with E-state index in [1.165, 1.54) is 18.2 Å². The van der Waals surface area contributed by atoms with E-state index in [4.69, 9.17) is 24.3 Å². The lowest BCUT2D eigenvalue weighted by Gasteiger charge is -2.31. The Morgan fingerprint density at radius 1 is 0.863 bits per heavy atom. The number of rotatable bonds is 13. The zero-order valence-corrected chi connectivity index (χ0v) is 28.7. The number of carbonyl (C=O) groups is 2. The predicted molar refractivity (Wildman–Crippen MR) is 187 cm³/mol. The van der Waals surface area contributed by atoms with Gasteiger partial charge in [-0.25, -0.2) is 4.99 Å². The summed E-state index contributed by atoms with van der Waals surface area (Å²) in [6, 6.07) is 29.0. The number of aliphatic hydroxyl groups excluding tert-OH is 1. The van der Waals surface area contributed by atoms with Crippen LogP contribution >= 0.6 is 0 Å². The Morgan fingerprint density at radius 2 is 1.49 bits per heavy atom. The van der Waals surface area contributed by atoms with Crippen LogP contribution < -0.4 is 10.1 Å². The highest BCUT2D eigenvalue weighted by Crippen LogP contribution is 2.44. The van der Waals surface area contributed by atoms with Crippen molar-refractivity contribution in [3.63, 3.8) is 0 Å². The van der Waals surface area contributed by atoms with Gasteiger partial charge >= 0.3 is 12.1 Å². The van der Waals surface area contributed by atoms with E-state index in [-0.39, 0.29) is 30.9 Å². The van der Waals surface area contributed by atoms with E-state index in [1.54, 1.807) is 45.0 Å². The monoisotopic (exact) mass is 702 g/mol. The van der Waals surface area contributed by atoms with Crippen molar-refractivity contribution in [1.82, 2.24) is 5.32 Å². The summed E-state index contributed by atoms with van der Waals surface area (Å²) < 4.78 is 59.3. The van der Waals surface area contributed by atoms with E-state index in [0.29, 0.717) is 29.9 Å². The fourth-order valence-electron chi connectivity index (χ4n) is 5.82. The fourth-order valence-corrected chi connectivity index (χ4v) is 5.82. The summed E-state index contributed by atoms with van der Waals surface area (Å²) in [4.78, 5) is 32.4. The number of alkyl halides is 3. The third kappa shape index (κ3) is 9.35. The third-order valence-electron chi connectivity index (χ3n) is 8.24. The highest BCUT2D eigenvalue weighted by atomic mass is 19.4. The molecule has 4 aromatic rings. The first-order valence-electron chi connectivity index (χ1n) is 16.7. The fraction of sp³-hybridized carbons (Fsp3) is 0.325. The molecule has 0 bridgehead atoms. The van der Waals surface area contributed by atoms with Crippen LogP contribution in [0.15, 0.2) is 108 Å². The van der Waals surface area contributed by atoms with Gasteiger partial charge in [0.2, 0.25) is 5.90 Å². The molecule has 5 rings (SSSR count). The maximum Gasteiger partial charge on any atom is 0.416 e. The number of hydrogen-bond acceptors (Lipinski definition) is 7. The van der Waals surface area contributed by atoms with Gasteiger partial charge in [0.25, 0.3) is 5.91 Å². The molecule has 4 aromatic carbocycles. The van der Waals surface area contributed by atoms with Gasteiger partial charge in [0.15, 0.2) is 11.6 Å². The Balaban J connectivity index is 1.55. The molecule has 0 saturated carbocycles. The molecule has 2 atom stereocenters. The molecule has 1 heterocycles. The number of ether oxygens (including phenoxy) is 3. The van der Waals surface area contributed by atoms with Gasteiger partial charge in [-0.3, -0.25) is 9.59 Å².